The van der Waals surface area contributed by atoms with Crippen molar-refractivity contribution in [3.05, 3.63) is 50.1 Å². The molecule has 1 saturated carbocycles. The average molecular weight is 353 g/mol. The van der Waals surface area contributed by atoms with Gasteiger partial charge < -0.3 is 4.74 Å². The first-order valence-electron chi connectivity index (χ1n) is 6.66. The van der Waals surface area contributed by atoms with Crippen LogP contribution in [0.1, 0.15) is 34.9 Å². The molecule has 0 spiro atoms. The third-order valence-electron chi connectivity index (χ3n) is 3.35. The molecule has 1 atom stereocenters. The second-order valence-electron chi connectivity index (χ2n) is 5.09. The van der Waals surface area contributed by atoms with Crippen molar-refractivity contribution in [1.82, 2.24) is 5.43 Å². The van der Waals surface area contributed by atoms with Gasteiger partial charge in [-0.2, -0.15) is 0 Å². The summed E-state index contributed by atoms with van der Waals surface area (Å²) in [6, 6.07) is 10.3. The molecule has 0 saturated heterocycles. The maximum absolute atomic E-state index is 5.85. The molecule has 20 heavy (non-hydrogen) atoms. The molecule has 1 aromatic carbocycles. The number of rotatable bonds is 5. The van der Waals surface area contributed by atoms with E-state index in [1.54, 1.807) is 11.3 Å². The van der Waals surface area contributed by atoms with Gasteiger partial charge in [0.25, 0.3) is 0 Å². The van der Waals surface area contributed by atoms with E-state index in [-0.39, 0.29) is 6.04 Å². The van der Waals surface area contributed by atoms with E-state index >= 15 is 0 Å². The number of nitrogens with one attached hydrogen (secondary N) is 1. The van der Waals surface area contributed by atoms with Gasteiger partial charge in [0.05, 0.1) is 15.9 Å². The van der Waals surface area contributed by atoms with Crippen LogP contribution in [0.15, 0.2) is 34.1 Å². The lowest BCUT2D eigenvalue weighted by atomic mass is 10.1. The number of halogens is 1. The van der Waals surface area contributed by atoms with Crippen molar-refractivity contribution >= 4 is 27.3 Å². The van der Waals surface area contributed by atoms with Crippen molar-refractivity contribution in [3.63, 3.8) is 0 Å². The van der Waals surface area contributed by atoms with Crippen molar-refractivity contribution in [3.8, 4) is 5.75 Å². The minimum Gasteiger partial charge on any atom is -0.490 e. The van der Waals surface area contributed by atoms with Crippen LogP contribution in [0.2, 0.25) is 0 Å². The van der Waals surface area contributed by atoms with E-state index in [1.807, 2.05) is 12.1 Å². The normalized spacial score (nSPS) is 16.1. The second-order valence-corrected chi connectivity index (χ2v) is 7.50. The SMILES string of the molecule is Cc1cc(C(NN)c2cccc(OC3CC3)c2)sc1Br. The van der Waals surface area contributed by atoms with Gasteiger partial charge in [-0.3, -0.25) is 5.84 Å². The molecule has 1 fully saturated rings. The van der Waals surface area contributed by atoms with Gasteiger partial charge in [-0.1, -0.05) is 12.1 Å². The molecule has 0 bridgehead atoms. The summed E-state index contributed by atoms with van der Waals surface area (Å²) < 4.78 is 7.00. The smallest absolute Gasteiger partial charge is 0.120 e. The van der Waals surface area contributed by atoms with E-state index in [0.717, 1.165) is 15.1 Å². The fourth-order valence-electron chi connectivity index (χ4n) is 2.11. The maximum atomic E-state index is 5.85. The van der Waals surface area contributed by atoms with Gasteiger partial charge in [0.2, 0.25) is 0 Å². The van der Waals surface area contributed by atoms with Crippen LogP contribution in [0.5, 0.6) is 5.75 Å². The number of ether oxygens (including phenoxy) is 1. The molecule has 0 amide bonds. The van der Waals surface area contributed by atoms with Crippen molar-refractivity contribution in [2.75, 3.05) is 0 Å². The van der Waals surface area contributed by atoms with Crippen LogP contribution in [0, 0.1) is 6.92 Å². The predicted molar refractivity (Wildman–Crippen MR) is 86.0 cm³/mol. The summed E-state index contributed by atoms with van der Waals surface area (Å²) in [6.07, 6.45) is 2.74. The number of hydrogen-bond donors (Lipinski definition) is 2. The quantitative estimate of drug-likeness (QED) is 0.633. The topological polar surface area (TPSA) is 47.3 Å². The van der Waals surface area contributed by atoms with Crippen molar-refractivity contribution < 1.29 is 4.74 Å². The van der Waals surface area contributed by atoms with E-state index in [9.17, 15) is 0 Å². The summed E-state index contributed by atoms with van der Waals surface area (Å²) >= 11 is 5.27. The molecule has 1 aliphatic carbocycles. The van der Waals surface area contributed by atoms with Crippen LogP contribution < -0.4 is 16.0 Å². The molecule has 3 rings (SSSR count). The van der Waals surface area contributed by atoms with E-state index in [0.29, 0.717) is 6.10 Å². The summed E-state index contributed by atoms with van der Waals surface area (Å²) in [6.45, 7) is 2.09. The van der Waals surface area contributed by atoms with Crippen LogP contribution in [-0.2, 0) is 0 Å². The zero-order chi connectivity index (χ0) is 14.1. The van der Waals surface area contributed by atoms with Crippen LogP contribution in [0.4, 0.5) is 0 Å². The highest BCUT2D eigenvalue weighted by molar-refractivity contribution is 9.11. The van der Waals surface area contributed by atoms with Crippen LogP contribution >= 0.6 is 27.3 Å². The standard InChI is InChI=1S/C15H17BrN2OS/c1-9-7-13(20-15(9)16)14(18-17)10-3-2-4-12(8-10)19-11-5-6-11/h2-4,7-8,11,14,18H,5-6,17H2,1H3. The Bertz CT molecular complexity index is 590. The Morgan fingerprint density at radius 3 is 2.80 bits per heavy atom. The molecule has 0 radical (unpaired) electrons. The molecule has 1 unspecified atom stereocenters. The Labute approximate surface area is 131 Å². The van der Waals surface area contributed by atoms with E-state index in [4.69, 9.17) is 10.6 Å². The molecule has 2 aromatic rings. The summed E-state index contributed by atoms with van der Waals surface area (Å²) in [5, 5.41) is 0. The zero-order valence-corrected chi connectivity index (χ0v) is 13.6. The van der Waals surface area contributed by atoms with Gasteiger partial charge in [-0.05, 0) is 65.0 Å². The van der Waals surface area contributed by atoms with Gasteiger partial charge in [0.15, 0.2) is 0 Å². The fourth-order valence-corrected chi connectivity index (χ4v) is 3.77. The van der Waals surface area contributed by atoms with Gasteiger partial charge in [-0.25, -0.2) is 5.43 Å². The minimum absolute atomic E-state index is 0.00671. The van der Waals surface area contributed by atoms with Crippen LogP contribution in [0.3, 0.4) is 0 Å². The molecule has 106 valence electrons. The van der Waals surface area contributed by atoms with Gasteiger partial charge >= 0.3 is 0 Å². The van der Waals surface area contributed by atoms with E-state index in [2.05, 4.69) is 46.5 Å². The van der Waals surface area contributed by atoms with Crippen LogP contribution in [0.25, 0.3) is 0 Å². The molecule has 1 heterocycles. The van der Waals surface area contributed by atoms with E-state index < -0.39 is 0 Å². The fraction of sp³-hybridized carbons (Fsp3) is 0.333. The van der Waals surface area contributed by atoms with Crippen molar-refractivity contribution in [1.29, 1.82) is 0 Å². The first kappa shape index (κ1) is 14.1. The number of thiophene rings is 1. The Morgan fingerprint density at radius 2 is 2.20 bits per heavy atom. The third-order valence-corrected chi connectivity index (χ3v) is 5.55. The highest BCUT2D eigenvalue weighted by Gasteiger charge is 2.24. The average Bonchev–Trinajstić information content (AvgIpc) is 3.17. The monoisotopic (exact) mass is 352 g/mol. The highest BCUT2D eigenvalue weighted by Crippen LogP contribution is 2.35. The van der Waals surface area contributed by atoms with Gasteiger partial charge in [0.1, 0.15) is 5.75 Å². The summed E-state index contributed by atoms with van der Waals surface area (Å²) in [7, 11) is 0. The Balaban J connectivity index is 1.87. The second kappa shape index (κ2) is 5.85. The van der Waals surface area contributed by atoms with Crippen molar-refractivity contribution in [2.24, 2.45) is 5.84 Å². The zero-order valence-electron chi connectivity index (χ0n) is 11.2. The Morgan fingerprint density at radius 1 is 1.40 bits per heavy atom. The largest absolute Gasteiger partial charge is 0.490 e. The maximum Gasteiger partial charge on any atom is 0.120 e. The molecule has 3 N–H and O–H groups in total. The lowest BCUT2D eigenvalue weighted by molar-refractivity contribution is 0.302. The molecular weight excluding hydrogens is 336 g/mol. The van der Waals surface area contributed by atoms with Crippen molar-refractivity contribution in [2.45, 2.75) is 31.9 Å². The molecule has 1 aromatic heterocycles. The van der Waals surface area contributed by atoms with Gasteiger partial charge in [-0.15, -0.1) is 11.3 Å². The third kappa shape index (κ3) is 3.06. The lowest BCUT2D eigenvalue weighted by Gasteiger charge is -2.16. The van der Waals surface area contributed by atoms with E-state index in [1.165, 1.54) is 23.3 Å². The number of benzene rings is 1. The van der Waals surface area contributed by atoms with Gasteiger partial charge in [0, 0.05) is 4.88 Å². The molecule has 3 nitrogen and oxygen atoms in total. The summed E-state index contributed by atoms with van der Waals surface area (Å²) in [5.74, 6) is 6.69. The predicted octanol–water partition coefficient (Wildman–Crippen LogP) is 3.91. The summed E-state index contributed by atoms with van der Waals surface area (Å²) in [4.78, 5) is 1.19. The number of nitrogens with two attached hydrogens (primary N) is 1. The first-order valence-corrected chi connectivity index (χ1v) is 8.27. The minimum atomic E-state index is -0.00671. The highest BCUT2D eigenvalue weighted by atomic mass is 79.9. The lowest BCUT2D eigenvalue weighted by Crippen LogP contribution is -2.28. The Hall–Kier alpha value is -0.880. The molecule has 0 aliphatic heterocycles. The molecule has 5 heteroatoms. The van der Waals surface area contributed by atoms with Crippen LogP contribution in [-0.4, -0.2) is 6.10 Å². The number of hydrazine groups is 1. The summed E-state index contributed by atoms with van der Waals surface area (Å²) in [5.41, 5.74) is 5.26. The Kier molecular flexibility index (Phi) is 4.12. The number of hydrogen-bond acceptors (Lipinski definition) is 4. The molecule has 1 aliphatic rings. The number of aryl methyl sites for hydroxylation is 1. The molecular formula is C15H17BrN2OS. The first-order chi connectivity index (χ1) is 9.67.